The number of nitrogens with one attached hydrogen (secondary N) is 3. The van der Waals surface area contributed by atoms with Crippen molar-refractivity contribution in [2.75, 3.05) is 18.8 Å². The molecule has 3 aliphatic rings. The molecule has 0 spiro atoms. The van der Waals surface area contributed by atoms with E-state index < -0.39 is 60.0 Å². The normalized spacial score (nSPS) is 19.0. The minimum absolute atomic E-state index is 0.0167. The summed E-state index contributed by atoms with van der Waals surface area (Å²) in [7, 11) is 0. The maximum absolute atomic E-state index is 14.8. The van der Waals surface area contributed by atoms with Crippen molar-refractivity contribution in [1.29, 1.82) is 0 Å². The van der Waals surface area contributed by atoms with Crippen LogP contribution in [0.5, 0.6) is 5.75 Å². The number of aliphatic hydroxyl groups is 1. The first-order valence-electron chi connectivity index (χ1n) is 25.0. The van der Waals surface area contributed by atoms with Crippen LogP contribution in [0.15, 0.2) is 95.3 Å². The average molecular weight is 1090 g/mol. The molecular formula is C55H60N8O8S4. The van der Waals surface area contributed by atoms with Crippen LogP contribution in [-0.4, -0.2) is 114 Å². The van der Waals surface area contributed by atoms with E-state index in [4.69, 9.17) is 4.74 Å². The van der Waals surface area contributed by atoms with Crippen LogP contribution < -0.4 is 20.7 Å². The molecule has 2 saturated heterocycles. The molecule has 6 amide bonds. The smallest absolute Gasteiger partial charge is 0.255 e. The minimum atomic E-state index is -1.09. The molecule has 3 aliphatic heterocycles. The van der Waals surface area contributed by atoms with E-state index in [9.17, 15) is 33.9 Å². The summed E-state index contributed by atoms with van der Waals surface area (Å²) >= 11 is 8.87. The summed E-state index contributed by atoms with van der Waals surface area (Å²) in [6, 6.07) is 20.4. The molecular weight excluding hydrogens is 1030 g/mol. The van der Waals surface area contributed by atoms with Gasteiger partial charge in [-0.15, -0.1) is 34.0 Å². The molecule has 4 N–H and O–H groups in total. The summed E-state index contributed by atoms with van der Waals surface area (Å²) in [5.74, 6) is -1.78. The summed E-state index contributed by atoms with van der Waals surface area (Å²) in [6.07, 6.45) is -0.550. The number of hydrogen-bond acceptors (Lipinski definition) is 14. The monoisotopic (exact) mass is 1090 g/mol. The fourth-order valence-electron chi connectivity index (χ4n) is 9.86. The Labute approximate surface area is 453 Å². The van der Waals surface area contributed by atoms with Gasteiger partial charge in [-0.3, -0.25) is 28.8 Å². The predicted octanol–water partition coefficient (Wildman–Crippen LogP) is 7.10. The number of nitrogens with zero attached hydrogens (tertiary/aromatic N) is 5. The Hall–Kier alpha value is -6.45. The molecule has 6 atom stereocenters. The van der Waals surface area contributed by atoms with Crippen LogP contribution in [0.4, 0.5) is 0 Å². The second-order valence-electron chi connectivity index (χ2n) is 19.6. The molecule has 16 nitrogen and oxygen atoms in total. The molecule has 3 aromatic heterocycles. The SMILES string of the molecule is Cc1ncsc1-c1ccc(CNC(=O)[C@@H]2C[C@@H](Oc3ccc4c(c3)C(=O)N([C@H](C(=O)N3C[C@H](O)C[C@H]3C(=O)NCc3ccc(-c5scnc5C)cc3)c3cccs3)C4)CN2C(=O)[C@H](CS)NC(=O)CCC(C)C)cc1. The number of hydrogen-bond donors (Lipinski definition) is 5. The van der Waals surface area contributed by atoms with Gasteiger partial charge >= 0.3 is 0 Å². The zero-order chi connectivity index (χ0) is 52.9. The van der Waals surface area contributed by atoms with Gasteiger partial charge in [0.1, 0.15) is 36.0 Å². The number of fused-ring (bicyclic) bond motifs is 1. The number of benzene rings is 3. The highest BCUT2D eigenvalue weighted by Gasteiger charge is 2.47. The Balaban J connectivity index is 0.883. The summed E-state index contributed by atoms with van der Waals surface area (Å²) in [6.45, 7) is 8.43. The van der Waals surface area contributed by atoms with E-state index in [0.29, 0.717) is 34.1 Å². The van der Waals surface area contributed by atoms with Gasteiger partial charge in [0.25, 0.3) is 11.8 Å². The van der Waals surface area contributed by atoms with E-state index in [0.717, 1.165) is 43.4 Å². The van der Waals surface area contributed by atoms with Crippen molar-refractivity contribution >= 4 is 82.1 Å². The number of rotatable bonds is 19. The highest BCUT2D eigenvalue weighted by Crippen LogP contribution is 2.38. The number of carbonyl (C=O) groups excluding carboxylic acids is 6. The number of carbonyl (C=O) groups is 6. The third kappa shape index (κ3) is 12.2. The minimum Gasteiger partial charge on any atom is -0.488 e. The summed E-state index contributed by atoms with van der Waals surface area (Å²) in [5, 5.41) is 21.5. The molecule has 75 heavy (non-hydrogen) atoms. The number of amides is 6. The summed E-state index contributed by atoms with van der Waals surface area (Å²) < 4.78 is 6.52. The number of aliphatic hydroxyl groups excluding tert-OH is 1. The van der Waals surface area contributed by atoms with Gasteiger partial charge in [-0.25, -0.2) is 9.97 Å². The first kappa shape index (κ1) is 53.4. The standard InChI is InChI=1S/C55H60N8O8S4/c1-31(2)7-18-47(65)60-43(28-72)54(69)62-27-41(22-45(62)52(67)57-24-35-10-14-37(15-11-35)50-33(4)59-30-75-50)71-40-17-16-38-25-63(53(68)42(38)21-40)48(46-6-5-19-73-46)55(70)61-26-39(64)20-44(61)51(66)56-23-34-8-12-36(13-9-34)49-32(3)58-29-74-49/h5-6,8-17,19,21,29-31,39,41,43-45,48,64,72H,7,18,20,22-28H2,1-4H3,(H,56,66)(H,57,67)(H,60,65)/t39-,41-,43+,44+,45+,48+/m1/s1. The molecule has 6 heterocycles. The van der Waals surface area contributed by atoms with Crippen LogP contribution in [0.25, 0.3) is 20.9 Å². The number of thiazole rings is 2. The predicted molar refractivity (Wildman–Crippen MR) is 292 cm³/mol. The van der Waals surface area contributed by atoms with Gasteiger partial charge < -0.3 is 40.5 Å². The van der Waals surface area contributed by atoms with Crippen LogP contribution in [0.1, 0.15) is 88.9 Å². The molecule has 3 aromatic carbocycles. The van der Waals surface area contributed by atoms with Crippen molar-refractivity contribution in [1.82, 2.24) is 40.6 Å². The Morgan fingerprint density at radius 3 is 1.93 bits per heavy atom. The molecule has 0 bridgehead atoms. The van der Waals surface area contributed by atoms with E-state index in [-0.39, 0.29) is 69.6 Å². The molecule has 6 aromatic rings. The van der Waals surface area contributed by atoms with Gasteiger partial charge in [0.05, 0.1) is 44.8 Å². The Kier molecular flexibility index (Phi) is 16.8. The van der Waals surface area contributed by atoms with Crippen LogP contribution in [0.2, 0.25) is 0 Å². The molecule has 2 fully saturated rings. The molecule has 0 radical (unpaired) electrons. The number of likely N-dealkylation sites (tertiary alicyclic amines) is 2. The average Bonchev–Trinajstić information content (AvgIpc) is 4.30. The second kappa shape index (κ2) is 23.6. The van der Waals surface area contributed by atoms with Crippen molar-refractivity contribution in [3.8, 4) is 26.6 Å². The van der Waals surface area contributed by atoms with E-state index in [1.54, 1.807) is 64.0 Å². The molecule has 9 rings (SSSR count). The van der Waals surface area contributed by atoms with Crippen LogP contribution in [0.3, 0.4) is 0 Å². The maximum Gasteiger partial charge on any atom is 0.255 e. The third-order valence-corrected chi connectivity index (χ3v) is 17.2. The summed E-state index contributed by atoms with van der Waals surface area (Å²) in [5.41, 5.74) is 10.3. The van der Waals surface area contributed by atoms with Crippen LogP contribution >= 0.6 is 46.6 Å². The van der Waals surface area contributed by atoms with E-state index in [1.807, 2.05) is 81.6 Å². The number of ether oxygens (including phenoxy) is 1. The van der Waals surface area contributed by atoms with Crippen molar-refractivity contribution in [2.45, 2.75) is 109 Å². The molecule has 0 unspecified atom stereocenters. The van der Waals surface area contributed by atoms with Crippen molar-refractivity contribution in [3.05, 3.63) is 134 Å². The Morgan fingerprint density at radius 2 is 1.39 bits per heavy atom. The molecule has 0 saturated carbocycles. The van der Waals surface area contributed by atoms with Gasteiger partial charge in [-0.2, -0.15) is 12.6 Å². The number of thiol groups is 1. The lowest BCUT2D eigenvalue weighted by molar-refractivity contribution is -0.142. The van der Waals surface area contributed by atoms with E-state index >= 15 is 0 Å². The van der Waals surface area contributed by atoms with Crippen molar-refractivity contribution < 1.29 is 38.6 Å². The van der Waals surface area contributed by atoms with E-state index in [2.05, 4.69) is 38.5 Å². The lowest BCUT2D eigenvalue weighted by Gasteiger charge is -2.32. The van der Waals surface area contributed by atoms with Gasteiger partial charge in [-0.1, -0.05) is 74.5 Å². The second-order valence-corrected chi connectivity index (χ2v) is 22.7. The first-order chi connectivity index (χ1) is 36.1. The fourth-order valence-corrected chi connectivity index (χ4v) is 12.6. The number of β-amino-alcohol motifs (C(OH)–C–C–N with tert-alkyl or cyclic N) is 1. The van der Waals surface area contributed by atoms with Gasteiger partial charge in [0, 0.05) is 61.6 Å². The third-order valence-electron chi connectivity index (χ3n) is 13.9. The van der Waals surface area contributed by atoms with Crippen LogP contribution in [-0.2, 0) is 43.6 Å². The Bertz CT molecular complexity index is 3030. The molecule has 20 heteroatoms. The van der Waals surface area contributed by atoms with Crippen molar-refractivity contribution in [3.63, 3.8) is 0 Å². The largest absolute Gasteiger partial charge is 0.488 e. The quantitative estimate of drug-likeness (QED) is 0.0521. The van der Waals surface area contributed by atoms with E-state index in [1.165, 1.54) is 26.0 Å². The lowest BCUT2D eigenvalue weighted by Crippen LogP contribution is -2.54. The highest BCUT2D eigenvalue weighted by atomic mass is 32.1. The Morgan fingerprint density at radius 1 is 0.787 bits per heavy atom. The maximum atomic E-state index is 14.8. The molecule has 392 valence electrons. The topological polar surface area (TPSA) is 203 Å². The van der Waals surface area contributed by atoms with Gasteiger partial charge in [0.2, 0.25) is 23.6 Å². The number of aromatic nitrogens is 2. The molecule has 0 aliphatic carbocycles. The van der Waals surface area contributed by atoms with Crippen molar-refractivity contribution in [2.24, 2.45) is 5.92 Å². The first-order valence-corrected chi connectivity index (χ1v) is 28.3. The lowest BCUT2D eigenvalue weighted by atomic mass is 10.1. The summed E-state index contributed by atoms with van der Waals surface area (Å²) in [4.78, 5) is 100. The zero-order valence-electron chi connectivity index (χ0n) is 42.1. The zero-order valence-corrected chi connectivity index (χ0v) is 45.4. The fraction of sp³-hybridized carbons (Fsp3) is 0.382. The number of aryl methyl sites for hydroxylation is 2. The highest BCUT2D eigenvalue weighted by molar-refractivity contribution is 7.80. The van der Waals surface area contributed by atoms with Gasteiger partial charge in [-0.05, 0) is 77.6 Å². The number of thiophene rings is 1. The van der Waals surface area contributed by atoms with Gasteiger partial charge in [0.15, 0.2) is 0 Å². The van der Waals surface area contributed by atoms with Crippen LogP contribution in [0, 0.1) is 19.8 Å².